The Balaban J connectivity index is 1.86. The first-order chi connectivity index (χ1) is 11.4. The summed E-state index contributed by atoms with van der Waals surface area (Å²) >= 11 is 2.42. The first kappa shape index (κ1) is 17.9. The van der Waals surface area contributed by atoms with Gasteiger partial charge in [-0.25, -0.2) is 0 Å². The molecule has 0 aliphatic heterocycles. The minimum absolute atomic E-state index is 0.152. The zero-order valence-corrected chi connectivity index (χ0v) is 14.6. The Bertz CT molecular complexity index is 762. The number of amides is 3. The summed E-state index contributed by atoms with van der Waals surface area (Å²) < 4.78 is 0.584. The van der Waals surface area contributed by atoms with E-state index in [0.29, 0.717) is 20.8 Å². The van der Waals surface area contributed by atoms with E-state index in [-0.39, 0.29) is 23.5 Å². The minimum Gasteiger partial charge on any atom is -0.326 e. The van der Waals surface area contributed by atoms with Crippen molar-refractivity contribution in [3.8, 4) is 0 Å². The third-order valence-electron chi connectivity index (χ3n) is 2.48. The third kappa shape index (κ3) is 5.97. The standard InChI is InChI=1S/C14H15N5O3S2/c1-8(20)15-10-4-3-5-11(6-10)17-12(22)7-23-14-19-18-13(24-14)16-9(2)21/h3-6H,7H2,1-2H3,(H,15,20)(H,17,22)(H,16,18,21). The van der Waals surface area contributed by atoms with Gasteiger partial charge in [0.05, 0.1) is 5.75 Å². The van der Waals surface area contributed by atoms with E-state index in [1.165, 1.54) is 36.9 Å². The molecule has 3 amide bonds. The van der Waals surface area contributed by atoms with Crippen molar-refractivity contribution in [3.63, 3.8) is 0 Å². The topological polar surface area (TPSA) is 113 Å². The number of carbonyl (C=O) groups is 3. The van der Waals surface area contributed by atoms with Gasteiger partial charge in [-0.15, -0.1) is 10.2 Å². The second kappa shape index (κ2) is 8.41. The summed E-state index contributed by atoms with van der Waals surface area (Å²) in [5, 5.41) is 16.0. The molecule has 0 saturated carbocycles. The lowest BCUT2D eigenvalue weighted by Gasteiger charge is -2.07. The van der Waals surface area contributed by atoms with Crippen LogP contribution in [0.15, 0.2) is 28.6 Å². The molecule has 0 bridgehead atoms. The lowest BCUT2D eigenvalue weighted by atomic mass is 10.2. The molecule has 24 heavy (non-hydrogen) atoms. The van der Waals surface area contributed by atoms with Crippen molar-refractivity contribution < 1.29 is 14.4 Å². The van der Waals surface area contributed by atoms with Crippen molar-refractivity contribution in [2.75, 3.05) is 21.7 Å². The van der Waals surface area contributed by atoms with E-state index in [4.69, 9.17) is 0 Å². The fourth-order valence-electron chi connectivity index (χ4n) is 1.67. The summed E-state index contributed by atoms with van der Waals surface area (Å²) in [6.07, 6.45) is 0. The van der Waals surface area contributed by atoms with Crippen LogP contribution in [0.25, 0.3) is 0 Å². The molecule has 0 aliphatic rings. The van der Waals surface area contributed by atoms with Crippen LogP contribution in [-0.2, 0) is 14.4 Å². The van der Waals surface area contributed by atoms with Crippen molar-refractivity contribution in [1.29, 1.82) is 0 Å². The van der Waals surface area contributed by atoms with Crippen LogP contribution in [0.4, 0.5) is 16.5 Å². The molecule has 1 aromatic heterocycles. The summed E-state index contributed by atoms with van der Waals surface area (Å²) in [6, 6.07) is 6.87. The van der Waals surface area contributed by atoms with Crippen LogP contribution < -0.4 is 16.0 Å². The van der Waals surface area contributed by atoms with Gasteiger partial charge >= 0.3 is 0 Å². The Morgan fingerprint density at radius 3 is 2.38 bits per heavy atom. The fourth-order valence-corrected chi connectivity index (χ4v) is 3.27. The maximum Gasteiger partial charge on any atom is 0.234 e. The van der Waals surface area contributed by atoms with Crippen molar-refractivity contribution in [1.82, 2.24) is 10.2 Å². The SMILES string of the molecule is CC(=O)Nc1cccc(NC(=O)CSc2nnc(NC(C)=O)s2)c1. The number of thioether (sulfide) groups is 1. The van der Waals surface area contributed by atoms with E-state index >= 15 is 0 Å². The molecule has 8 nitrogen and oxygen atoms in total. The molecule has 2 aromatic rings. The maximum atomic E-state index is 12.0. The van der Waals surface area contributed by atoms with Gasteiger partial charge in [0.15, 0.2) is 4.34 Å². The largest absolute Gasteiger partial charge is 0.326 e. The second-order valence-electron chi connectivity index (χ2n) is 4.65. The molecule has 1 aromatic carbocycles. The fraction of sp³-hybridized carbons (Fsp3) is 0.214. The van der Waals surface area contributed by atoms with E-state index in [2.05, 4.69) is 26.1 Å². The highest BCUT2D eigenvalue weighted by molar-refractivity contribution is 8.01. The highest BCUT2D eigenvalue weighted by Gasteiger charge is 2.09. The number of carbonyl (C=O) groups excluding carboxylic acids is 3. The van der Waals surface area contributed by atoms with Crippen LogP contribution in [0.1, 0.15) is 13.8 Å². The molecule has 0 radical (unpaired) electrons. The Hall–Kier alpha value is -2.46. The van der Waals surface area contributed by atoms with Crippen LogP contribution >= 0.6 is 23.1 Å². The minimum atomic E-state index is -0.223. The van der Waals surface area contributed by atoms with Crippen LogP contribution in [0.3, 0.4) is 0 Å². The predicted octanol–water partition coefficient (Wildman–Crippen LogP) is 2.19. The van der Waals surface area contributed by atoms with Crippen molar-refractivity contribution in [3.05, 3.63) is 24.3 Å². The summed E-state index contributed by atoms with van der Waals surface area (Å²) in [5.74, 6) is -0.463. The van der Waals surface area contributed by atoms with E-state index < -0.39 is 0 Å². The molecule has 3 N–H and O–H groups in total. The molecule has 0 saturated heterocycles. The maximum absolute atomic E-state index is 12.0. The summed E-state index contributed by atoms with van der Waals surface area (Å²) in [5.41, 5.74) is 1.19. The lowest BCUT2D eigenvalue weighted by molar-refractivity contribution is -0.115. The average Bonchev–Trinajstić information content (AvgIpc) is 2.91. The predicted molar refractivity (Wildman–Crippen MR) is 94.3 cm³/mol. The van der Waals surface area contributed by atoms with Crippen molar-refractivity contribution in [2.45, 2.75) is 18.2 Å². The monoisotopic (exact) mass is 365 g/mol. The van der Waals surface area contributed by atoms with Crippen molar-refractivity contribution >= 4 is 57.3 Å². The van der Waals surface area contributed by atoms with Gasteiger partial charge in [-0.05, 0) is 18.2 Å². The van der Waals surface area contributed by atoms with Crippen LogP contribution in [0, 0.1) is 0 Å². The van der Waals surface area contributed by atoms with E-state index in [9.17, 15) is 14.4 Å². The van der Waals surface area contributed by atoms with Gasteiger partial charge < -0.3 is 16.0 Å². The number of rotatable bonds is 6. The third-order valence-corrected chi connectivity index (χ3v) is 4.45. The van der Waals surface area contributed by atoms with Gasteiger partial charge in [-0.2, -0.15) is 0 Å². The average molecular weight is 365 g/mol. The number of hydrogen-bond donors (Lipinski definition) is 3. The lowest BCUT2D eigenvalue weighted by Crippen LogP contribution is -2.14. The van der Waals surface area contributed by atoms with Gasteiger partial charge in [-0.1, -0.05) is 29.2 Å². The number of nitrogens with zero attached hydrogens (tertiary/aromatic N) is 2. The Morgan fingerprint density at radius 1 is 1.04 bits per heavy atom. The van der Waals surface area contributed by atoms with Crippen LogP contribution in [0.2, 0.25) is 0 Å². The molecule has 0 aliphatic carbocycles. The molecule has 126 valence electrons. The number of anilines is 3. The molecule has 0 atom stereocenters. The molecule has 2 rings (SSSR count). The molecule has 0 fully saturated rings. The molecular weight excluding hydrogens is 350 g/mol. The molecule has 1 heterocycles. The zero-order chi connectivity index (χ0) is 17.5. The van der Waals surface area contributed by atoms with Gasteiger partial charge in [0.25, 0.3) is 0 Å². The van der Waals surface area contributed by atoms with Crippen LogP contribution in [0.5, 0.6) is 0 Å². The quantitative estimate of drug-likeness (QED) is 0.534. The molecule has 0 spiro atoms. The highest BCUT2D eigenvalue weighted by Crippen LogP contribution is 2.25. The smallest absolute Gasteiger partial charge is 0.234 e. The van der Waals surface area contributed by atoms with Gasteiger partial charge in [0, 0.05) is 25.2 Å². The number of hydrogen-bond acceptors (Lipinski definition) is 7. The van der Waals surface area contributed by atoms with Gasteiger partial charge in [-0.3, -0.25) is 14.4 Å². The highest BCUT2D eigenvalue weighted by atomic mass is 32.2. The number of benzene rings is 1. The Labute approximate surface area is 146 Å². The summed E-state index contributed by atoms with van der Waals surface area (Å²) in [4.78, 5) is 33.9. The first-order valence-corrected chi connectivity index (χ1v) is 8.64. The Kier molecular flexibility index (Phi) is 6.27. The van der Waals surface area contributed by atoms with E-state index in [1.54, 1.807) is 24.3 Å². The normalized spacial score (nSPS) is 10.1. The van der Waals surface area contributed by atoms with E-state index in [1.807, 2.05) is 0 Å². The zero-order valence-electron chi connectivity index (χ0n) is 13.0. The molecular formula is C14H15N5O3S2. The molecule has 10 heteroatoms. The van der Waals surface area contributed by atoms with Gasteiger partial charge in [0.2, 0.25) is 22.9 Å². The molecule has 0 unspecified atom stereocenters. The Morgan fingerprint density at radius 2 is 1.71 bits per heavy atom. The van der Waals surface area contributed by atoms with Crippen LogP contribution in [-0.4, -0.2) is 33.7 Å². The summed E-state index contributed by atoms with van der Waals surface area (Å²) in [7, 11) is 0. The van der Waals surface area contributed by atoms with Crippen molar-refractivity contribution in [2.24, 2.45) is 0 Å². The first-order valence-electron chi connectivity index (χ1n) is 6.84. The summed E-state index contributed by atoms with van der Waals surface area (Å²) in [6.45, 7) is 2.80. The van der Waals surface area contributed by atoms with Gasteiger partial charge in [0.1, 0.15) is 0 Å². The second-order valence-corrected chi connectivity index (χ2v) is 6.85. The number of nitrogens with one attached hydrogen (secondary N) is 3. The number of aromatic nitrogens is 2. The van der Waals surface area contributed by atoms with E-state index in [0.717, 1.165) is 0 Å².